The molecule has 1 unspecified atom stereocenters. The smallest absolute Gasteiger partial charge is 0.262 e. The molecule has 1 amide bonds. The highest BCUT2D eigenvalue weighted by Gasteiger charge is 2.16. The van der Waals surface area contributed by atoms with E-state index in [0.717, 1.165) is 23.5 Å². The highest BCUT2D eigenvalue weighted by molar-refractivity contribution is 5.95. The molecule has 0 saturated heterocycles. The Bertz CT molecular complexity index is 460. The monoisotopic (exact) mass is 263 g/mol. The van der Waals surface area contributed by atoms with E-state index in [0.29, 0.717) is 18.5 Å². The van der Waals surface area contributed by atoms with Crippen LogP contribution in [0.3, 0.4) is 0 Å². The van der Waals surface area contributed by atoms with Gasteiger partial charge in [-0.15, -0.1) is 0 Å². The van der Waals surface area contributed by atoms with Crippen LogP contribution in [-0.4, -0.2) is 25.1 Å². The molecule has 0 aromatic heterocycles. The zero-order valence-electron chi connectivity index (χ0n) is 11.4. The van der Waals surface area contributed by atoms with Crippen molar-refractivity contribution in [3.63, 3.8) is 0 Å². The first-order chi connectivity index (χ1) is 9.10. The Balaban J connectivity index is 2.02. The van der Waals surface area contributed by atoms with Crippen LogP contribution in [0.2, 0.25) is 0 Å². The second-order valence-corrected chi connectivity index (χ2v) is 5.13. The summed E-state index contributed by atoms with van der Waals surface area (Å²) in [5, 5.41) is 6.23. The van der Waals surface area contributed by atoms with Crippen molar-refractivity contribution in [3.05, 3.63) is 23.8 Å². The number of anilines is 1. The zero-order chi connectivity index (χ0) is 13.8. The molecule has 104 valence electrons. The Morgan fingerprint density at radius 1 is 1.47 bits per heavy atom. The van der Waals surface area contributed by atoms with Gasteiger partial charge in [0.1, 0.15) is 5.75 Å². The summed E-state index contributed by atoms with van der Waals surface area (Å²) < 4.78 is 5.32. The van der Waals surface area contributed by atoms with E-state index in [2.05, 4.69) is 24.5 Å². The molecule has 1 atom stereocenters. The molecule has 5 nitrogen and oxygen atoms in total. The van der Waals surface area contributed by atoms with E-state index in [1.54, 1.807) is 0 Å². The molecule has 19 heavy (non-hydrogen) atoms. The van der Waals surface area contributed by atoms with Crippen LogP contribution in [0.4, 0.5) is 5.69 Å². The highest BCUT2D eigenvalue weighted by Crippen LogP contribution is 2.28. The minimum absolute atomic E-state index is 0.0905. The first-order valence-corrected chi connectivity index (χ1v) is 6.59. The molecule has 4 N–H and O–H groups in total. The Morgan fingerprint density at radius 2 is 2.26 bits per heavy atom. The van der Waals surface area contributed by atoms with Crippen LogP contribution in [0.5, 0.6) is 5.75 Å². The number of carbonyl (C=O) groups excluding carboxylic acids is 1. The summed E-state index contributed by atoms with van der Waals surface area (Å²) in [5.74, 6) is 1.10. The lowest BCUT2D eigenvalue weighted by Crippen LogP contribution is -2.39. The van der Waals surface area contributed by atoms with Crippen molar-refractivity contribution in [1.82, 2.24) is 5.32 Å². The summed E-state index contributed by atoms with van der Waals surface area (Å²) in [4.78, 5) is 11.3. The Kier molecular flexibility index (Phi) is 4.39. The maximum Gasteiger partial charge on any atom is 0.262 e. The molecule has 0 saturated carbocycles. The SMILES string of the molecule is CC(C)C(CN)NCc1ccc2c(c1)NC(=O)CO2. The number of fused-ring (bicyclic) bond motifs is 1. The fourth-order valence-electron chi connectivity index (χ4n) is 2.08. The summed E-state index contributed by atoms with van der Waals surface area (Å²) in [7, 11) is 0. The molecule has 1 aliphatic rings. The second-order valence-electron chi connectivity index (χ2n) is 5.13. The molecular formula is C14H21N3O2. The van der Waals surface area contributed by atoms with Crippen molar-refractivity contribution in [2.24, 2.45) is 11.7 Å². The summed E-state index contributed by atoms with van der Waals surface area (Å²) >= 11 is 0. The summed E-state index contributed by atoms with van der Waals surface area (Å²) in [6, 6.07) is 6.12. The van der Waals surface area contributed by atoms with Gasteiger partial charge in [0.2, 0.25) is 0 Å². The van der Waals surface area contributed by atoms with E-state index in [-0.39, 0.29) is 12.5 Å². The quantitative estimate of drug-likeness (QED) is 0.743. The van der Waals surface area contributed by atoms with Crippen molar-refractivity contribution in [2.75, 3.05) is 18.5 Å². The van der Waals surface area contributed by atoms with Crippen molar-refractivity contribution >= 4 is 11.6 Å². The molecule has 2 rings (SSSR count). The topological polar surface area (TPSA) is 76.4 Å². The fourth-order valence-corrected chi connectivity index (χ4v) is 2.08. The van der Waals surface area contributed by atoms with Crippen LogP contribution >= 0.6 is 0 Å². The van der Waals surface area contributed by atoms with Gasteiger partial charge in [0.15, 0.2) is 6.61 Å². The van der Waals surface area contributed by atoms with Crippen LogP contribution in [0.25, 0.3) is 0 Å². The Hall–Kier alpha value is -1.59. The van der Waals surface area contributed by atoms with E-state index in [4.69, 9.17) is 10.5 Å². The standard InChI is InChI=1S/C14H21N3O2/c1-9(2)12(6-15)16-7-10-3-4-13-11(5-10)17-14(18)8-19-13/h3-5,9,12,16H,6-8,15H2,1-2H3,(H,17,18). The first-order valence-electron chi connectivity index (χ1n) is 6.59. The van der Waals surface area contributed by atoms with Crippen LogP contribution < -0.4 is 21.1 Å². The summed E-state index contributed by atoms with van der Waals surface area (Å²) in [5.41, 5.74) is 7.57. The molecule has 0 bridgehead atoms. The second kappa shape index (κ2) is 6.04. The molecule has 0 radical (unpaired) electrons. The van der Waals surface area contributed by atoms with E-state index in [9.17, 15) is 4.79 Å². The minimum Gasteiger partial charge on any atom is -0.482 e. The van der Waals surface area contributed by atoms with Gasteiger partial charge in [-0.1, -0.05) is 19.9 Å². The van der Waals surface area contributed by atoms with Gasteiger partial charge in [-0.2, -0.15) is 0 Å². The van der Waals surface area contributed by atoms with Crippen LogP contribution in [0, 0.1) is 5.92 Å². The summed E-state index contributed by atoms with van der Waals surface area (Å²) in [6.07, 6.45) is 0. The van der Waals surface area contributed by atoms with Gasteiger partial charge in [0.05, 0.1) is 5.69 Å². The van der Waals surface area contributed by atoms with Gasteiger partial charge in [0, 0.05) is 19.1 Å². The number of nitrogens with two attached hydrogens (primary N) is 1. The molecule has 1 heterocycles. The van der Waals surface area contributed by atoms with Gasteiger partial charge in [0.25, 0.3) is 5.91 Å². The molecule has 0 spiro atoms. The zero-order valence-corrected chi connectivity index (χ0v) is 11.4. The van der Waals surface area contributed by atoms with Gasteiger partial charge >= 0.3 is 0 Å². The number of amides is 1. The number of nitrogens with one attached hydrogen (secondary N) is 2. The third-order valence-corrected chi connectivity index (χ3v) is 3.30. The summed E-state index contributed by atoms with van der Waals surface area (Å²) in [6.45, 7) is 5.72. The van der Waals surface area contributed by atoms with Gasteiger partial charge in [-0.3, -0.25) is 4.79 Å². The lowest BCUT2D eigenvalue weighted by molar-refractivity contribution is -0.118. The van der Waals surface area contributed by atoms with Crippen molar-refractivity contribution in [1.29, 1.82) is 0 Å². The van der Waals surface area contributed by atoms with Crippen LogP contribution in [-0.2, 0) is 11.3 Å². The number of ether oxygens (including phenoxy) is 1. The first kappa shape index (κ1) is 13.8. The Morgan fingerprint density at radius 3 is 2.95 bits per heavy atom. The molecule has 0 aliphatic carbocycles. The Labute approximate surface area is 113 Å². The number of hydrogen-bond donors (Lipinski definition) is 3. The van der Waals surface area contributed by atoms with Crippen molar-refractivity contribution < 1.29 is 9.53 Å². The molecule has 5 heteroatoms. The average molecular weight is 263 g/mol. The number of carbonyl (C=O) groups is 1. The predicted octanol–water partition coefficient (Wildman–Crippen LogP) is 1.09. The predicted molar refractivity (Wildman–Crippen MR) is 75.1 cm³/mol. The van der Waals surface area contributed by atoms with Crippen LogP contribution in [0.15, 0.2) is 18.2 Å². The number of rotatable bonds is 5. The molecule has 0 fully saturated rings. The molecule has 1 aromatic carbocycles. The third kappa shape index (κ3) is 3.45. The minimum atomic E-state index is -0.111. The van der Waals surface area contributed by atoms with Crippen molar-refractivity contribution in [3.8, 4) is 5.75 Å². The van der Waals surface area contributed by atoms with E-state index in [1.165, 1.54) is 0 Å². The third-order valence-electron chi connectivity index (χ3n) is 3.30. The fraction of sp³-hybridized carbons (Fsp3) is 0.500. The van der Waals surface area contributed by atoms with Gasteiger partial charge in [-0.05, 0) is 23.6 Å². The van der Waals surface area contributed by atoms with Crippen molar-refractivity contribution in [2.45, 2.75) is 26.4 Å². The maximum absolute atomic E-state index is 11.3. The molecule has 1 aromatic rings. The van der Waals surface area contributed by atoms with Gasteiger partial charge < -0.3 is 21.1 Å². The molecule has 1 aliphatic heterocycles. The molecular weight excluding hydrogens is 242 g/mol. The lowest BCUT2D eigenvalue weighted by Gasteiger charge is -2.22. The largest absolute Gasteiger partial charge is 0.482 e. The van der Waals surface area contributed by atoms with E-state index >= 15 is 0 Å². The van der Waals surface area contributed by atoms with Gasteiger partial charge in [-0.25, -0.2) is 0 Å². The number of hydrogen-bond acceptors (Lipinski definition) is 4. The lowest BCUT2D eigenvalue weighted by atomic mass is 10.0. The number of benzene rings is 1. The van der Waals surface area contributed by atoms with E-state index in [1.807, 2.05) is 18.2 Å². The normalized spacial score (nSPS) is 15.7. The highest BCUT2D eigenvalue weighted by atomic mass is 16.5. The maximum atomic E-state index is 11.3. The average Bonchev–Trinajstić information content (AvgIpc) is 2.38. The van der Waals surface area contributed by atoms with E-state index < -0.39 is 0 Å². The van der Waals surface area contributed by atoms with Crippen LogP contribution in [0.1, 0.15) is 19.4 Å².